The highest BCUT2D eigenvalue weighted by Crippen LogP contribution is 2.24. The lowest BCUT2D eigenvalue weighted by atomic mass is 10.2. The fourth-order valence-electron chi connectivity index (χ4n) is 1.20. The summed E-state index contributed by atoms with van der Waals surface area (Å²) in [4.78, 5) is 0. The second-order valence-corrected chi connectivity index (χ2v) is 4.13. The van der Waals surface area contributed by atoms with Gasteiger partial charge in [0.15, 0.2) is 0 Å². The van der Waals surface area contributed by atoms with Crippen LogP contribution in [-0.2, 0) is 0 Å². The highest BCUT2D eigenvalue weighted by molar-refractivity contribution is 7.42. The van der Waals surface area contributed by atoms with Crippen LogP contribution in [0.1, 0.15) is 20.3 Å². The van der Waals surface area contributed by atoms with E-state index in [1.807, 2.05) is 0 Å². The Morgan fingerprint density at radius 2 is 2.18 bits per heavy atom. The van der Waals surface area contributed by atoms with Crippen molar-refractivity contribution >= 4 is 8.58 Å². The summed E-state index contributed by atoms with van der Waals surface area (Å²) in [6, 6.07) is 1.06. The van der Waals surface area contributed by atoms with Crippen molar-refractivity contribution in [3.05, 3.63) is 11.4 Å². The monoisotopic (exact) mass is 172 g/mol. The quantitative estimate of drug-likeness (QED) is 0.585. The second kappa shape index (κ2) is 4.20. The van der Waals surface area contributed by atoms with E-state index in [1.54, 1.807) is 5.31 Å². The minimum Gasteiger partial charge on any atom is -0.254 e. The highest BCUT2D eigenvalue weighted by atomic mass is 31.1. The molecule has 3 atom stereocenters. The first kappa shape index (κ1) is 9.18. The Kier molecular flexibility index (Phi) is 3.50. The first-order chi connectivity index (χ1) is 5.24. The molecule has 0 fully saturated rings. The normalized spacial score (nSPS) is 33.9. The smallest absolute Gasteiger partial charge is 0.0432 e. The molecule has 0 aromatic heterocycles. The summed E-state index contributed by atoms with van der Waals surface area (Å²) in [5.74, 6) is 0. The van der Waals surface area contributed by atoms with Gasteiger partial charge in [0.05, 0.1) is 0 Å². The van der Waals surface area contributed by atoms with Gasteiger partial charge in [-0.25, -0.2) is 0 Å². The van der Waals surface area contributed by atoms with Crippen LogP contribution in [0.5, 0.6) is 0 Å². The van der Waals surface area contributed by atoms with Gasteiger partial charge < -0.3 is 0 Å². The Hall–Kier alpha value is 0.0900. The molecule has 2 nitrogen and oxygen atoms in total. The molecule has 0 aliphatic carbocycles. The van der Waals surface area contributed by atoms with Gasteiger partial charge >= 0.3 is 0 Å². The van der Waals surface area contributed by atoms with Crippen LogP contribution in [-0.4, -0.2) is 18.7 Å². The maximum Gasteiger partial charge on any atom is 0.0432 e. The summed E-state index contributed by atoms with van der Waals surface area (Å²) in [5, 5.41) is 1.54. The van der Waals surface area contributed by atoms with Crippen molar-refractivity contribution in [2.75, 3.05) is 6.66 Å². The number of hydrogen-bond donors (Lipinski definition) is 2. The third-order valence-corrected chi connectivity index (χ3v) is 3.21. The van der Waals surface area contributed by atoms with Crippen LogP contribution >= 0.6 is 8.58 Å². The lowest BCUT2D eigenvalue weighted by molar-refractivity contribution is 0.442. The van der Waals surface area contributed by atoms with Gasteiger partial charge in [-0.05, 0) is 32.2 Å². The molecule has 1 rings (SSSR count). The van der Waals surface area contributed by atoms with Gasteiger partial charge in [0.1, 0.15) is 0 Å². The zero-order valence-corrected chi connectivity index (χ0v) is 8.44. The Morgan fingerprint density at radius 1 is 1.45 bits per heavy atom. The van der Waals surface area contributed by atoms with Crippen LogP contribution < -0.4 is 10.9 Å². The molecule has 3 unspecified atom stereocenters. The molecule has 0 radical (unpaired) electrons. The third-order valence-electron chi connectivity index (χ3n) is 1.99. The van der Waals surface area contributed by atoms with Crippen LogP contribution in [0.2, 0.25) is 0 Å². The van der Waals surface area contributed by atoms with E-state index in [0.29, 0.717) is 12.1 Å². The van der Waals surface area contributed by atoms with Gasteiger partial charge in [0.2, 0.25) is 0 Å². The fourth-order valence-corrected chi connectivity index (χ4v) is 2.03. The minimum atomic E-state index is 0.503. The van der Waals surface area contributed by atoms with Crippen LogP contribution in [0.25, 0.3) is 0 Å². The van der Waals surface area contributed by atoms with E-state index in [2.05, 4.69) is 37.4 Å². The summed E-state index contributed by atoms with van der Waals surface area (Å²) in [5.41, 5.74) is 6.54. The summed E-state index contributed by atoms with van der Waals surface area (Å²) in [7, 11) is 0.931. The second-order valence-electron chi connectivity index (χ2n) is 3.06. The van der Waals surface area contributed by atoms with Crippen molar-refractivity contribution in [3.8, 4) is 0 Å². The third kappa shape index (κ3) is 2.55. The van der Waals surface area contributed by atoms with E-state index in [1.165, 1.54) is 0 Å². The van der Waals surface area contributed by atoms with Crippen molar-refractivity contribution < 1.29 is 0 Å². The van der Waals surface area contributed by atoms with E-state index < -0.39 is 0 Å². The molecule has 0 amide bonds. The van der Waals surface area contributed by atoms with Crippen molar-refractivity contribution in [1.82, 2.24) is 10.9 Å². The Bertz CT molecular complexity index is 156. The lowest BCUT2D eigenvalue weighted by Crippen LogP contribution is -2.42. The summed E-state index contributed by atoms with van der Waals surface area (Å²) < 4.78 is 0. The molecule has 2 N–H and O–H groups in total. The molecule has 0 saturated carbocycles. The van der Waals surface area contributed by atoms with Gasteiger partial charge in [-0.2, -0.15) is 0 Å². The number of hydrazine groups is 1. The molecule has 0 spiro atoms. The molecule has 11 heavy (non-hydrogen) atoms. The van der Waals surface area contributed by atoms with Crippen molar-refractivity contribution in [2.24, 2.45) is 0 Å². The van der Waals surface area contributed by atoms with Crippen molar-refractivity contribution in [3.63, 3.8) is 0 Å². The van der Waals surface area contributed by atoms with E-state index in [0.717, 1.165) is 15.0 Å². The Labute approximate surface area is 70.6 Å². The van der Waals surface area contributed by atoms with Crippen LogP contribution in [0.3, 0.4) is 0 Å². The number of hydrogen-bond acceptors (Lipinski definition) is 2. The average molecular weight is 172 g/mol. The van der Waals surface area contributed by atoms with Crippen molar-refractivity contribution in [2.45, 2.75) is 32.4 Å². The molecular weight excluding hydrogens is 155 g/mol. The number of rotatable bonds is 1. The first-order valence-electron chi connectivity index (χ1n) is 4.13. The average Bonchev–Trinajstić information content (AvgIpc) is 2.15. The largest absolute Gasteiger partial charge is 0.254 e. The summed E-state index contributed by atoms with van der Waals surface area (Å²) >= 11 is 0. The topological polar surface area (TPSA) is 24.1 Å². The SMILES string of the molecule is CPC1=CCC(C)NNC1C. The van der Waals surface area contributed by atoms with Crippen LogP contribution in [0, 0.1) is 0 Å². The van der Waals surface area contributed by atoms with Crippen LogP contribution in [0.4, 0.5) is 0 Å². The highest BCUT2D eigenvalue weighted by Gasteiger charge is 2.11. The Balaban J connectivity index is 2.58. The van der Waals surface area contributed by atoms with Crippen molar-refractivity contribution in [1.29, 1.82) is 0 Å². The van der Waals surface area contributed by atoms with E-state index >= 15 is 0 Å². The summed E-state index contributed by atoms with van der Waals surface area (Å²) in [6.07, 6.45) is 3.51. The molecule has 0 bridgehead atoms. The lowest BCUT2D eigenvalue weighted by Gasteiger charge is -2.15. The van der Waals surface area contributed by atoms with Gasteiger partial charge in [-0.1, -0.05) is 14.7 Å². The van der Waals surface area contributed by atoms with E-state index in [9.17, 15) is 0 Å². The summed E-state index contributed by atoms with van der Waals surface area (Å²) in [6.45, 7) is 6.63. The first-order valence-corrected chi connectivity index (χ1v) is 5.63. The van der Waals surface area contributed by atoms with Gasteiger partial charge in [-0.3, -0.25) is 10.9 Å². The Morgan fingerprint density at radius 3 is 2.82 bits per heavy atom. The maximum absolute atomic E-state index is 3.28. The molecule has 1 aliphatic heterocycles. The fraction of sp³-hybridized carbons (Fsp3) is 0.750. The van der Waals surface area contributed by atoms with Gasteiger partial charge in [0, 0.05) is 12.1 Å². The minimum absolute atomic E-state index is 0.503. The molecule has 0 saturated heterocycles. The predicted octanol–water partition coefficient (Wildman–Crippen LogP) is 1.45. The zero-order valence-electron chi connectivity index (χ0n) is 7.44. The molecule has 3 heteroatoms. The van der Waals surface area contributed by atoms with Gasteiger partial charge in [-0.15, -0.1) is 0 Å². The van der Waals surface area contributed by atoms with E-state index in [4.69, 9.17) is 0 Å². The van der Waals surface area contributed by atoms with Crippen LogP contribution in [0.15, 0.2) is 11.4 Å². The predicted molar refractivity (Wildman–Crippen MR) is 52.1 cm³/mol. The molecular formula is C8H17N2P. The zero-order chi connectivity index (χ0) is 8.27. The standard InChI is InChI=1S/C8H17N2P/c1-6-4-5-8(11-3)7(2)10-9-6/h5-7,9-11H,4H2,1-3H3. The van der Waals surface area contributed by atoms with Gasteiger partial charge in [0.25, 0.3) is 0 Å². The molecule has 0 aromatic carbocycles. The molecule has 1 heterocycles. The molecule has 1 aliphatic rings. The number of nitrogens with one attached hydrogen (secondary N) is 2. The van der Waals surface area contributed by atoms with E-state index in [-0.39, 0.29) is 0 Å². The molecule has 0 aromatic rings. The maximum atomic E-state index is 3.28. The molecule has 64 valence electrons.